The molecule has 0 atom stereocenters. The van der Waals surface area contributed by atoms with Gasteiger partial charge in [0.05, 0.1) is 23.9 Å². The third-order valence-electron chi connectivity index (χ3n) is 7.13. The third-order valence-corrected chi connectivity index (χ3v) is 8.08. The van der Waals surface area contributed by atoms with Crippen LogP contribution in [-0.2, 0) is 33.8 Å². The van der Waals surface area contributed by atoms with Crippen molar-refractivity contribution in [1.82, 2.24) is 4.57 Å². The number of rotatable bonds is 12. The number of carbonyl (C=O) groups excluding carboxylic acids is 1. The minimum Gasteiger partial charge on any atom is -0.508 e. The third kappa shape index (κ3) is 7.13. The van der Waals surface area contributed by atoms with E-state index in [0.717, 1.165) is 38.0 Å². The highest BCUT2D eigenvalue weighted by Gasteiger charge is 2.14. The Morgan fingerprint density at radius 2 is 1.72 bits per heavy atom. The number of ether oxygens (including phenoxy) is 2. The Morgan fingerprint density at radius 3 is 2.47 bits per heavy atom. The van der Waals surface area contributed by atoms with Crippen molar-refractivity contribution in [1.29, 1.82) is 0 Å². The fraction of sp³-hybridized carbons (Fsp3) is 0.206. The van der Waals surface area contributed by atoms with Gasteiger partial charge in [-0.2, -0.15) is 0 Å². The standard InChI is InChI=1S/C34H32N2O6S/c1-40-32(38)18-14-24-9-6-10-30(37)28(24)21-23-11-15-27(16-12-23)42-20-19-36-29-17-13-26(22-31(29)43-34(36)39)33(35-41-2)25-7-4-3-5-8-25/h3-13,15-17,22,37H,14,18-21H2,1-2H3. The van der Waals surface area contributed by atoms with Gasteiger partial charge in [-0.15, -0.1) is 0 Å². The molecule has 0 radical (unpaired) electrons. The summed E-state index contributed by atoms with van der Waals surface area (Å²) >= 11 is 1.19. The van der Waals surface area contributed by atoms with Crippen LogP contribution >= 0.6 is 11.3 Å². The Balaban J connectivity index is 1.24. The Hall–Kier alpha value is -4.89. The van der Waals surface area contributed by atoms with Gasteiger partial charge in [0.25, 0.3) is 0 Å². The number of phenols is 1. The van der Waals surface area contributed by atoms with Gasteiger partial charge in [0, 0.05) is 29.5 Å². The maximum atomic E-state index is 12.9. The fourth-order valence-corrected chi connectivity index (χ4v) is 5.90. The number of nitrogens with zero attached hydrogens (tertiary/aromatic N) is 2. The van der Waals surface area contributed by atoms with E-state index >= 15 is 0 Å². The minimum atomic E-state index is -0.285. The molecule has 220 valence electrons. The molecule has 1 aromatic heterocycles. The van der Waals surface area contributed by atoms with E-state index in [1.54, 1.807) is 16.7 Å². The van der Waals surface area contributed by atoms with Gasteiger partial charge in [-0.25, -0.2) is 0 Å². The van der Waals surface area contributed by atoms with Crippen molar-refractivity contribution in [2.24, 2.45) is 5.16 Å². The number of phenolic OH excluding ortho intramolecular Hbond substituents is 1. The molecule has 5 rings (SSSR count). The highest BCUT2D eigenvalue weighted by molar-refractivity contribution is 7.16. The zero-order valence-electron chi connectivity index (χ0n) is 24.0. The second-order valence-electron chi connectivity index (χ2n) is 9.85. The first-order valence-corrected chi connectivity index (χ1v) is 14.7. The van der Waals surface area contributed by atoms with Crippen molar-refractivity contribution in [3.63, 3.8) is 0 Å². The van der Waals surface area contributed by atoms with E-state index in [0.29, 0.717) is 37.5 Å². The fourth-order valence-electron chi connectivity index (χ4n) is 4.95. The van der Waals surface area contributed by atoms with Crippen molar-refractivity contribution >= 4 is 33.2 Å². The number of hydrogen-bond donors (Lipinski definition) is 1. The van der Waals surface area contributed by atoms with Crippen LogP contribution in [0.2, 0.25) is 0 Å². The second kappa shape index (κ2) is 13.8. The number of benzene rings is 4. The van der Waals surface area contributed by atoms with Gasteiger partial charge in [-0.3, -0.25) is 14.2 Å². The molecule has 0 aliphatic heterocycles. The van der Waals surface area contributed by atoms with Gasteiger partial charge >= 0.3 is 10.8 Å². The van der Waals surface area contributed by atoms with Gasteiger partial charge in [0.2, 0.25) is 0 Å². The molecule has 1 heterocycles. The van der Waals surface area contributed by atoms with Crippen molar-refractivity contribution < 1.29 is 24.2 Å². The Morgan fingerprint density at radius 1 is 0.930 bits per heavy atom. The number of oxime groups is 1. The average molecular weight is 597 g/mol. The van der Waals surface area contributed by atoms with Gasteiger partial charge in [-0.1, -0.05) is 77.2 Å². The van der Waals surface area contributed by atoms with E-state index in [4.69, 9.17) is 14.3 Å². The summed E-state index contributed by atoms with van der Waals surface area (Å²) in [6.45, 7) is 0.726. The Kier molecular flexibility index (Phi) is 9.53. The number of methoxy groups -OCH3 is 1. The van der Waals surface area contributed by atoms with Crippen LogP contribution in [-0.4, -0.2) is 42.2 Å². The van der Waals surface area contributed by atoms with Crippen molar-refractivity contribution in [2.75, 3.05) is 20.8 Å². The summed E-state index contributed by atoms with van der Waals surface area (Å²) in [5.74, 6) is 0.600. The SMILES string of the molecule is CON=C(c1ccccc1)c1ccc2c(c1)sc(=O)n2CCOc1ccc(Cc2c(O)cccc2CCC(=O)OC)cc1. The molecule has 5 aromatic rings. The molecule has 9 heteroatoms. The number of aryl methyl sites for hydroxylation is 1. The van der Waals surface area contributed by atoms with Gasteiger partial charge in [0.1, 0.15) is 30.9 Å². The monoisotopic (exact) mass is 596 g/mol. The lowest BCUT2D eigenvalue weighted by Crippen LogP contribution is -2.17. The lowest BCUT2D eigenvalue weighted by Gasteiger charge is -2.12. The van der Waals surface area contributed by atoms with Gasteiger partial charge < -0.3 is 19.4 Å². The van der Waals surface area contributed by atoms with E-state index in [-0.39, 0.29) is 23.0 Å². The molecule has 8 nitrogen and oxygen atoms in total. The van der Waals surface area contributed by atoms with Crippen LogP contribution in [0.4, 0.5) is 0 Å². The molecular weight excluding hydrogens is 564 g/mol. The number of aromatic nitrogens is 1. The normalized spacial score (nSPS) is 11.4. The number of aromatic hydroxyl groups is 1. The first-order chi connectivity index (χ1) is 21.0. The molecule has 0 fully saturated rings. The molecule has 0 unspecified atom stereocenters. The number of hydrogen-bond acceptors (Lipinski definition) is 8. The summed E-state index contributed by atoms with van der Waals surface area (Å²) in [4.78, 5) is 29.5. The molecule has 0 amide bonds. The van der Waals surface area contributed by atoms with Crippen LogP contribution in [0.25, 0.3) is 10.2 Å². The van der Waals surface area contributed by atoms with E-state index in [1.165, 1.54) is 25.6 Å². The first-order valence-electron chi connectivity index (χ1n) is 13.9. The molecule has 43 heavy (non-hydrogen) atoms. The molecular formula is C34H32N2O6S. The molecule has 0 bridgehead atoms. The zero-order valence-corrected chi connectivity index (χ0v) is 24.8. The zero-order chi connectivity index (χ0) is 30.2. The Bertz CT molecular complexity index is 1790. The Labute approximate surface area is 253 Å². The number of carbonyl (C=O) groups is 1. The summed E-state index contributed by atoms with van der Waals surface area (Å²) in [5, 5.41) is 14.7. The molecule has 0 saturated heterocycles. The van der Waals surface area contributed by atoms with Gasteiger partial charge in [0.15, 0.2) is 0 Å². The van der Waals surface area contributed by atoms with Crippen LogP contribution in [0.3, 0.4) is 0 Å². The van der Waals surface area contributed by atoms with Crippen molar-refractivity contribution in [3.05, 3.63) is 128 Å². The quantitative estimate of drug-likeness (QED) is 0.109. The summed E-state index contributed by atoms with van der Waals surface area (Å²) < 4.78 is 13.3. The summed E-state index contributed by atoms with van der Waals surface area (Å²) in [5.41, 5.74) is 6.03. The van der Waals surface area contributed by atoms with Crippen LogP contribution in [0.15, 0.2) is 101 Å². The molecule has 0 aliphatic rings. The van der Waals surface area contributed by atoms with Gasteiger partial charge in [-0.05, 0) is 47.9 Å². The van der Waals surface area contributed by atoms with Crippen molar-refractivity contribution in [3.8, 4) is 11.5 Å². The first kappa shape index (κ1) is 29.6. The topological polar surface area (TPSA) is 99.4 Å². The molecule has 4 aromatic carbocycles. The van der Waals surface area contributed by atoms with E-state index in [1.807, 2.05) is 78.9 Å². The predicted molar refractivity (Wildman–Crippen MR) is 168 cm³/mol. The van der Waals surface area contributed by atoms with E-state index < -0.39 is 0 Å². The van der Waals surface area contributed by atoms with Crippen LogP contribution < -0.4 is 9.61 Å². The predicted octanol–water partition coefficient (Wildman–Crippen LogP) is 5.94. The van der Waals surface area contributed by atoms with E-state index in [2.05, 4.69) is 5.16 Å². The lowest BCUT2D eigenvalue weighted by atomic mass is 9.96. The molecule has 0 saturated carbocycles. The number of thiazole rings is 1. The highest BCUT2D eigenvalue weighted by atomic mass is 32.1. The van der Waals surface area contributed by atoms with Crippen molar-refractivity contribution in [2.45, 2.75) is 25.8 Å². The molecule has 0 spiro atoms. The number of fused-ring (bicyclic) bond motifs is 1. The minimum absolute atomic E-state index is 0.0540. The average Bonchev–Trinajstić information content (AvgIpc) is 3.35. The van der Waals surface area contributed by atoms with Crippen LogP contribution in [0.1, 0.15) is 34.2 Å². The molecule has 0 aliphatic carbocycles. The maximum Gasteiger partial charge on any atom is 0.308 e. The molecule has 1 N–H and O–H groups in total. The second-order valence-corrected chi connectivity index (χ2v) is 10.8. The lowest BCUT2D eigenvalue weighted by molar-refractivity contribution is -0.140. The van der Waals surface area contributed by atoms with Crippen LogP contribution in [0.5, 0.6) is 11.5 Å². The van der Waals surface area contributed by atoms with E-state index in [9.17, 15) is 14.7 Å². The summed E-state index contributed by atoms with van der Waals surface area (Å²) in [7, 11) is 2.89. The van der Waals surface area contributed by atoms with Crippen LogP contribution in [0, 0.1) is 0 Å². The summed E-state index contributed by atoms with van der Waals surface area (Å²) in [6, 6.07) is 28.6. The largest absolute Gasteiger partial charge is 0.508 e. The smallest absolute Gasteiger partial charge is 0.308 e. The highest BCUT2D eigenvalue weighted by Crippen LogP contribution is 2.27. The maximum absolute atomic E-state index is 12.9. The summed E-state index contributed by atoms with van der Waals surface area (Å²) in [6.07, 6.45) is 1.26. The number of esters is 1.